The fourth-order valence-corrected chi connectivity index (χ4v) is 8.95. The monoisotopic (exact) mass is 607 g/mol. The number of azide groups is 1. The van der Waals surface area contributed by atoms with Crippen LogP contribution in [-0.2, 0) is 14.3 Å². The molecule has 0 aromatic carbocycles. The summed E-state index contributed by atoms with van der Waals surface area (Å²) < 4.78 is 23.2. The van der Waals surface area contributed by atoms with Gasteiger partial charge in [-0.15, -0.1) is 0 Å². The number of aromatic nitrogens is 2. The van der Waals surface area contributed by atoms with Crippen LogP contribution < -0.4 is 5.32 Å². The highest BCUT2D eigenvalue weighted by molar-refractivity contribution is 6.20. The Morgan fingerprint density at radius 3 is 2.86 bits per heavy atom. The van der Waals surface area contributed by atoms with Crippen molar-refractivity contribution < 1.29 is 18.7 Å². The summed E-state index contributed by atoms with van der Waals surface area (Å²) in [5, 5.41) is 6.99. The molecule has 10 unspecified atom stereocenters. The van der Waals surface area contributed by atoms with Crippen LogP contribution in [-0.4, -0.2) is 118 Å². The highest BCUT2D eigenvalue weighted by Crippen LogP contribution is 2.48. The van der Waals surface area contributed by atoms with Crippen LogP contribution in [0, 0.1) is 5.92 Å². The van der Waals surface area contributed by atoms with Gasteiger partial charge in [0.1, 0.15) is 6.17 Å². The van der Waals surface area contributed by atoms with Crippen LogP contribution in [0.2, 0.25) is 0 Å². The van der Waals surface area contributed by atoms with Crippen molar-refractivity contribution in [1.82, 2.24) is 30.0 Å². The maximum atomic E-state index is 16.4. The summed E-state index contributed by atoms with van der Waals surface area (Å²) in [5.41, 5.74) is 10.1. The SMILES string of the molecule is CN1CCCC1CCNC(=O)C1=CN2C3CCC(N=[N+]=[N-])CC3OC3C(N4CCC(c5cnccn5)C4)C(F)CC(C1=O)C32. The van der Waals surface area contributed by atoms with Crippen molar-refractivity contribution in [1.29, 1.82) is 0 Å². The quantitative estimate of drug-likeness (QED) is 0.216. The average molecular weight is 608 g/mol. The summed E-state index contributed by atoms with van der Waals surface area (Å²) in [5.74, 6) is -1.17. The maximum Gasteiger partial charge on any atom is 0.256 e. The number of ketones is 1. The van der Waals surface area contributed by atoms with E-state index in [-0.39, 0.29) is 53.8 Å². The third-order valence-corrected chi connectivity index (χ3v) is 11.1. The highest BCUT2D eigenvalue weighted by Gasteiger charge is 2.60. The number of hydrogen-bond acceptors (Lipinski definition) is 9. The number of fused-ring (bicyclic) bond motifs is 2. The molecule has 12 nitrogen and oxygen atoms in total. The largest absolute Gasteiger partial charge is 0.369 e. The molecular weight excluding hydrogens is 565 g/mol. The standard InChI is InChI=1S/C31H42FN9O3/c1-39-11-2-3-20(39)6-8-36-31(43)22-17-41-25-5-4-19(37-38-33)13-26(25)44-30-27(41)21(29(22)42)14-23(32)28(30)40-12-7-18(16-40)24-15-34-9-10-35-24/h9-10,15,17-21,23,25-28,30H,2-8,11-14,16H2,1H3,(H,36,43). The lowest BCUT2D eigenvalue weighted by atomic mass is 9.69. The molecule has 1 aromatic rings. The van der Waals surface area contributed by atoms with Crippen LogP contribution in [0.25, 0.3) is 10.4 Å². The second-order valence-corrected chi connectivity index (χ2v) is 13.5. The molecule has 0 spiro atoms. The number of nitrogens with one attached hydrogen (secondary N) is 1. The van der Waals surface area contributed by atoms with Crippen LogP contribution in [0.15, 0.2) is 35.5 Å². The second-order valence-electron chi connectivity index (χ2n) is 13.5. The van der Waals surface area contributed by atoms with Gasteiger partial charge in [-0.1, -0.05) is 5.11 Å². The zero-order valence-electron chi connectivity index (χ0n) is 25.2. The number of halogens is 1. The zero-order valence-corrected chi connectivity index (χ0v) is 25.2. The molecule has 1 N–H and O–H groups in total. The minimum atomic E-state index is -1.29. The summed E-state index contributed by atoms with van der Waals surface area (Å²) in [7, 11) is 2.11. The van der Waals surface area contributed by atoms with Crippen molar-refractivity contribution in [3.8, 4) is 0 Å². The van der Waals surface area contributed by atoms with Gasteiger partial charge in [-0.05, 0) is 77.0 Å². The summed E-state index contributed by atoms with van der Waals surface area (Å²) >= 11 is 0. The Balaban J connectivity index is 1.15. The first-order chi connectivity index (χ1) is 21.4. The number of nitrogens with zero attached hydrogens (tertiary/aromatic N) is 8. The second kappa shape index (κ2) is 12.3. The van der Waals surface area contributed by atoms with E-state index >= 15 is 4.39 Å². The van der Waals surface area contributed by atoms with Crippen molar-refractivity contribution in [3.05, 3.63) is 46.5 Å². The Hall–Kier alpha value is -3.12. The van der Waals surface area contributed by atoms with Gasteiger partial charge in [0.2, 0.25) is 0 Å². The van der Waals surface area contributed by atoms with Crippen LogP contribution in [0.4, 0.5) is 4.39 Å². The number of carbonyl (C=O) groups excluding carboxylic acids is 2. The molecule has 1 amide bonds. The minimum Gasteiger partial charge on any atom is -0.369 e. The van der Waals surface area contributed by atoms with E-state index in [1.54, 1.807) is 24.8 Å². The molecule has 3 saturated heterocycles. The lowest BCUT2D eigenvalue weighted by Gasteiger charge is -2.60. The molecule has 5 heterocycles. The van der Waals surface area contributed by atoms with Gasteiger partial charge in [-0.2, -0.15) is 0 Å². The molecule has 2 aliphatic carbocycles. The van der Waals surface area contributed by atoms with E-state index < -0.39 is 24.2 Å². The van der Waals surface area contributed by atoms with Gasteiger partial charge in [0.25, 0.3) is 5.91 Å². The van der Waals surface area contributed by atoms with Crippen molar-refractivity contribution in [2.75, 3.05) is 33.2 Å². The topological polar surface area (TPSA) is 140 Å². The summed E-state index contributed by atoms with van der Waals surface area (Å²) in [6.07, 6.45) is 10.7. The molecular formula is C31H42FN9O3. The number of hydrogen-bond donors (Lipinski definition) is 1. The van der Waals surface area contributed by atoms with Crippen LogP contribution >= 0.6 is 0 Å². The summed E-state index contributed by atoms with van der Waals surface area (Å²) in [6, 6.07) is -0.715. The number of morpholine rings is 1. The number of rotatable bonds is 7. The number of amides is 1. The number of Topliss-reactive ketones (excluding diaryl/α,β-unsaturated/α-hetero) is 1. The Morgan fingerprint density at radius 1 is 1.20 bits per heavy atom. The van der Waals surface area contributed by atoms with E-state index in [1.165, 1.54) is 0 Å². The molecule has 4 aliphatic heterocycles. The van der Waals surface area contributed by atoms with Crippen molar-refractivity contribution >= 4 is 11.7 Å². The molecule has 5 fully saturated rings. The van der Waals surface area contributed by atoms with Gasteiger partial charge in [-0.25, -0.2) is 4.39 Å². The molecule has 10 atom stereocenters. The molecule has 2 saturated carbocycles. The Labute approximate surface area is 257 Å². The fraction of sp³-hybridized carbons (Fsp3) is 0.742. The molecule has 1 aromatic heterocycles. The predicted octanol–water partition coefficient (Wildman–Crippen LogP) is 2.73. The molecule has 13 heteroatoms. The van der Waals surface area contributed by atoms with E-state index in [1.807, 2.05) is 0 Å². The fourth-order valence-electron chi connectivity index (χ4n) is 8.95. The number of likely N-dealkylation sites (tertiary alicyclic amines) is 2. The van der Waals surface area contributed by atoms with Crippen LogP contribution in [0.1, 0.15) is 63.0 Å². The first-order valence-electron chi connectivity index (χ1n) is 16.3. The van der Waals surface area contributed by atoms with E-state index in [0.29, 0.717) is 44.9 Å². The van der Waals surface area contributed by atoms with Gasteiger partial charge in [0.05, 0.1) is 41.6 Å². The van der Waals surface area contributed by atoms with Crippen molar-refractivity contribution in [2.24, 2.45) is 11.0 Å². The Morgan fingerprint density at radius 2 is 2.09 bits per heavy atom. The Kier molecular flexibility index (Phi) is 8.30. The number of alkyl halides is 1. The van der Waals surface area contributed by atoms with E-state index in [4.69, 9.17) is 10.3 Å². The van der Waals surface area contributed by atoms with Crippen molar-refractivity contribution in [3.63, 3.8) is 0 Å². The molecule has 0 bridgehead atoms. The zero-order chi connectivity index (χ0) is 30.4. The van der Waals surface area contributed by atoms with Crippen molar-refractivity contribution in [2.45, 2.75) is 106 Å². The normalized spacial score (nSPS) is 38.8. The smallest absolute Gasteiger partial charge is 0.256 e. The minimum absolute atomic E-state index is 0.0626. The predicted molar refractivity (Wildman–Crippen MR) is 159 cm³/mol. The molecule has 0 radical (unpaired) electrons. The third kappa shape index (κ3) is 5.37. The lowest BCUT2D eigenvalue weighted by molar-refractivity contribution is -0.211. The molecule has 7 rings (SSSR count). The number of ether oxygens (including phenoxy) is 1. The molecule has 6 aliphatic rings. The van der Waals surface area contributed by atoms with E-state index in [2.05, 4.69) is 47.1 Å². The lowest BCUT2D eigenvalue weighted by Crippen LogP contribution is -2.73. The highest BCUT2D eigenvalue weighted by atomic mass is 19.1. The summed E-state index contributed by atoms with van der Waals surface area (Å²) in [6.45, 7) is 2.90. The maximum absolute atomic E-state index is 16.4. The van der Waals surface area contributed by atoms with Gasteiger partial charge in [0.15, 0.2) is 5.78 Å². The van der Waals surface area contributed by atoms with Crippen LogP contribution in [0.5, 0.6) is 0 Å². The number of carbonyl (C=O) groups is 2. The molecule has 236 valence electrons. The van der Waals surface area contributed by atoms with Gasteiger partial charge < -0.3 is 19.9 Å². The Bertz CT molecular complexity index is 1330. The van der Waals surface area contributed by atoms with E-state index in [0.717, 1.165) is 37.9 Å². The van der Waals surface area contributed by atoms with Gasteiger partial charge >= 0.3 is 0 Å². The van der Waals surface area contributed by atoms with Crippen LogP contribution in [0.3, 0.4) is 0 Å². The summed E-state index contributed by atoms with van der Waals surface area (Å²) in [4.78, 5) is 45.8. The van der Waals surface area contributed by atoms with Gasteiger partial charge in [-0.3, -0.25) is 24.5 Å². The first kappa shape index (κ1) is 29.6. The average Bonchev–Trinajstić information content (AvgIpc) is 3.68. The van der Waals surface area contributed by atoms with Gasteiger partial charge in [0, 0.05) is 66.7 Å². The van der Waals surface area contributed by atoms with E-state index in [9.17, 15) is 9.59 Å². The first-order valence-corrected chi connectivity index (χ1v) is 16.3. The molecule has 44 heavy (non-hydrogen) atoms. The third-order valence-electron chi connectivity index (χ3n) is 11.1.